The molecule has 0 radical (unpaired) electrons. The van der Waals surface area contributed by atoms with Crippen molar-refractivity contribution in [3.63, 3.8) is 0 Å². The first-order valence-corrected chi connectivity index (χ1v) is 5.30. The van der Waals surface area contributed by atoms with E-state index >= 15 is 0 Å². The zero-order valence-electron chi connectivity index (χ0n) is 9.60. The molecule has 0 saturated carbocycles. The normalized spacial score (nSPS) is 10.7. The van der Waals surface area contributed by atoms with Crippen LogP contribution in [0.3, 0.4) is 0 Å². The van der Waals surface area contributed by atoms with Crippen LogP contribution >= 0.6 is 0 Å². The van der Waals surface area contributed by atoms with Gasteiger partial charge in [0.15, 0.2) is 0 Å². The molecule has 2 amide bonds. The van der Waals surface area contributed by atoms with Crippen LogP contribution in [-0.4, -0.2) is 18.8 Å². The highest BCUT2D eigenvalue weighted by molar-refractivity contribution is 5.81. The van der Waals surface area contributed by atoms with E-state index < -0.39 is 0 Å². The lowest BCUT2D eigenvalue weighted by Gasteiger charge is -2.05. The molecular formula is C12H17N3O. The van der Waals surface area contributed by atoms with Gasteiger partial charge in [0, 0.05) is 6.54 Å². The summed E-state index contributed by atoms with van der Waals surface area (Å²) >= 11 is 0. The van der Waals surface area contributed by atoms with Gasteiger partial charge in [-0.15, -0.1) is 0 Å². The highest BCUT2D eigenvalue weighted by atomic mass is 16.2. The van der Waals surface area contributed by atoms with Crippen molar-refractivity contribution in [3.05, 3.63) is 35.9 Å². The van der Waals surface area contributed by atoms with Crippen molar-refractivity contribution in [1.29, 1.82) is 0 Å². The summed E-state index contributed by atoms with van der Waals surface area (Å²) in [6.07, 6.45) is 1.61. The smallest absolute Gasteiger partial charge is 0.335 e. The SMILES string of the molecule is CC(C)CNC(=O)N/N=C\c1ccccc1. The van der Waals surface area contributed by atoms with Crippen molar-refractivity contribution in [3.8, 4) is 0 Å². The van der Waals surface area contributed by atoms with Gasteiger partial charge in [-0.25, -0.2) is 10.2 Å². The number of hydrogen-bond donors (Lipinski definition) is 2. The Labute approximate surface area is 95.7 Å². The molecule has 1 rings (SSSR count). The summed E-state index contributed by atoms with van der Waals surface area (Å²) in [6.45, 7) is 4.72. The molecule has 86 valence electrons. The third-order valence-corrected chi connectivity index (χ3v) is 1.85. The Balaban J connectivity index is 2.29. The largest absolute Gasteiger partial charge is 0.336 e. The Hall–Kier alpha value is -1.84. The van der Waals surface area contributed by atoms with E-state index in [9.17, 15) is 4.79 Å². The Morgan fingerprint density at radius 1 is 1.38 bits per heavy atom. The molecule has 0 aliphatic carbocycles. The number of carbonyl (C=O) groups excluding carboxylic acids is 1. The molecule has 4 nitrogen and oxygen atoms in total. The predicted molar refractivity (Wildman–Crippen MR) is 65.4 cm³/mol. The minimum atomic E-state index is -0.277. The fourth-order valence-corrected chi connectivity index (χ4v) is 1.04. The zero-order valence-corrected chi connectivity index (χ0v) is 9.60. The van der Waals surface area contributed by atoms with Crippen LogP contribution in [-0.2, 0) is 0 Å². The second-order valence-corrected chi connectivity index (χ2v) is 3.88. The molecule has 0 saturated heterocycles. The number of hydrazone groups is 1. The molecule has 0 aromatic heterocycles. The van der Waals surface area contributed by atoms with E-state index in [1.165, 1.54) is 0 Å². The first-order chi connectivity index (χ1) is 7.68. The monoisotopic (exact) mass is 219 g/mol. The third kappa shape index (κ3) is 5.14. The first kappa shape index (κ1) is 12.2. The lowest BCUT2D eigenvalue weighted by Crippen LogP contribution is -2.34. The summed E-state index contributed by atoms with van der Waals surface area (Å²) in [5.41, 5.74) is 3.36. The van der Waals surface area contributed by atoms with Crippen molar-refractivity contribution >= 4 is 12.2 Å². The number of rotatable bonds is 4. The summed E-state index contributed by atoms with van der Waals surface area (Å²) in [6, 6.07) is 9.32. The van der Waals surface area contributed by atoms with Crippen LogP contribution in [0.25, 0.3) is 0 Å². The van der Waals surface area contributed by atoms with E-state index in [1.807, 2.05) is 44.2 Å². The maximum atomic E-state index is 11.2. The molecule has 0 atom stereocenters. The molecule has 0 spiro atoms. The van der Waals surface area contributed by atoms with E-state index in [1.54, 1.807) is 6.21 Å². The third-order valence-electron chi connectivity index (χ3n) is 1.85. The van der Waals surface area contributed by atoms with Crippen molar-refractivity contribution in [2.45, 2.75) is 13.8 Å². The summed E-state index contributed by atoms with van der Waals surface area (Å²) in [5, 5.41) is 6.54. The van der Waals surface area contributed by atoms with Crippen molar-refractivity contribution in [2.75, 3.05) is 6.54 Å². The van der Waals surface area contributed by atoms with E-state index in [0.717, 1.165) is 5.56 Å². The van der Waals surface area contributed by atoms with E-state index in [2.05, 4.69) is 15.8 Å². The van der Waals surface area contributed by atoms with Crippen LogP contribution < -0.4 is 10.7 Å². The second-order valence-electron chi connectivity index (χ2n) is 3.88. The molecule has 4 heteroatoms. The summed E-state index contributed by atoms with van der Waals surface area (Å²) in [4.78, 5) is 11.2. The molecule has 0 aliphatic rings. The highest BCUT2D eigenvalue weighted by Crippen LogP contribution is 1.93. The molecule has 0 bridgehead atoms. The Bertz CT molecular complexity index is 347. The average molecular weight is 219 g/mol. The van der Waals surface area contributed by atoms with Crippen LogP contribution in [0, 0.1) is 5.92 Å². The first-order valence-electron chi connectivity index (χ1n) is 5.30. The van der Waals surface area contributed by atoms with E-state index in [0.29, 0.717) is 12.5 Å². The fourth-order valence-electron chi connectivity index (χ4n) is 1.04. The Morgan fingerprint density at radius 3 is 2.69 bits per heavy atom. The van der Waals surface area contributed by atoms with Crippen LogP contribution in [0.2, 0.25) is 0 Å². The van der Waals surface area contributed by atoms with Crippen LogP contribution in [0.15, 0.2) is 35.4 Å². The Morgan fingerprint density at radius 2 is 2.06 bits per heavy atom. The maximum absolute atomic E-state index is 11.2. The molecular weight excluding hydrogens is 202 g/mol. The van der Waals surface area contributed by atoms with Gasteiger partial charge in [-0.2, -0.15) is 5.10 Å². The van der Waals surface area contributed by atoms with Crippen molar-refractivity contribution in [1.82, 2.24) is 10.7 Å². The van der Waals surface area contributed by atoms with Gasteiger partial charge in [-0.3, -0.25) is 0 Å². The second kappa shape index (κ2) is 6.61. The van der Waals surface area contributed by atoms with Crippen LogP contribution in [0.4, 0.5) is 4.79 Å². The molecule has 0 heterocycles. The molecule has 0 aliphatic heterocycles. The van der Waals surface area contributed by atoms with Crippen molar-refractivity contribution in [2.24, 2.45) is 11.0 Å². The molecule has 16 heavy (non-hydrogen) atoms. The van der Waals surface area contributed by atoms with Gasteiger partial charge in [-0.1, -0.05) is 44.2 Å². The van der Waals surface area contributed by atoms with E-state index in [4.69, 9.17) is 0 Å². The highest BCUT2D eigenvalue weighted by Gasteiger charge is 1.98. The number of nitrogens with zero attached hydrogens (tertiary/aromatic N) is 1. The topological polar surface area (TPSA) is 53.5 Å². The number of nitrogens with one attached hydrogen (secondary N) is 2. The van der Waals surface area contributed by atoms with Gasteiger partial charge in [0.1, 0.15) is 0 Å². The quantitative estimate of drug-likeness (QED) is 0.590. The fraction of sp³-hybridized carbons (Fsp3) is 0.333. The van der Waals surface area contributed by atoms with Crippen LogP contribution in [0.5, 0.6) is 0 Å². The zero-order chi connectivity index (χ0) is 11.8. The number of carbonyl (C=O) groups is 1. The number of amides is 2. The number of hydrogen-bond acceptors (Lipinski definition) is 2. The average Bonchev–Trinajstić information content (AvgIpc) is 2.28. The molecule has 2 N–H and O–H groups in total. The lowest BCUT2D eigenvalue weighted by molar-refractivity contribution is 0.240. The molecule has 0 fully saturated rings. The number of benzene rings is 1. The molecule has 0 unspecified atom stereocenters. The van der Waals surface area contributed by atoms with Crippen molar-refractivity contribution < 1.29 is 4.79 Å². The number of urea groups is 1. The standard InChI is InChI=1S/C12H17N3O/c1-10(2)8-13-12(16)15-14-9-11-6-4-3-5-7-11/h3-7,9-10H,8H2,1-2H3,(H2,13,15,16)/b14-9-. The Kier molecular flexibility index (Phi) is 5.05. The minimum Gasteiger partial charge on any atom is -0.336 e. The van der Waals surface area contributed by atoms with Gasteiger partial charge in [-0.05, 0) is 11.5 Å². The van der Waals surface area contributed by atoms with Gasteiger partial charge in [0.25, 0.3) is 0 Å². The minimum absolute atomic E-state index is 0.277. The van der Waals surface area contributed by atoms with Gasteiger partial charge in [0.05, 0.1) is 6.21 Å². The summed E-state index contributed by atoms with van der Waals surface area (Å²) in [7, 11) is 0. The van der Waals surface area contributed by atoms with Gasteiger partial charge in [0.2, 0.25) is 0 Å². The lowest BCUT2D eigenvalue weighted by atomic mass is 10.2. The molecule has 1 aromatic carbocycles. The maximum Gasteiger partial charge on any atom is 0.335 e. The van der Waals surface area contributed by atoms with Crippen LogP contribution in [0.1, 0.15) is 19.4 Å². The predicted octanol–water partition coefficient (Wildman–Crippen LogP) is 1.98. The summed E-state index contributed by atoms with van der Waals surface area (Å²) in [5.74, 6) is 0.434. The summed E-state index contributed by atoms with van der Waals surface area (Å²) < 4.78 is 0. The van der Waals surface area contributed by atoms with Gasteiger partial charge < -0.3 is 5.32 Å². The van der Waals surface area contributed by atoms with E-state index in [-0.39, 0.29) is 6.03 Å². The van der Waals surface area contributed by atoms with Gasteiger partial charge >= 0.3 is 6.03 Å². The molecule has 1 aromatic rings.